The molecule has 3 rings (SSSR count). The van der Waals surface area contributed by atoms with E-state index in [1.165, 1.54) is 10.6 Å². The Morgan fingerprint density at radius 1 is 1.22 bits per heavy atom. The van der Waals surface area contributed by atoms with Crippen molar-refractivity contribution in [1.29, 1.82) is 0 Å². The van der Waals surface area contributed by atoms with E-state index in [2.05, 4.69) is 5.32 Å². The number of hydrogen-bond acceptors (Lipinski definition) is 4. The minimum absolute atomic E-state index is 0.0265. The molecule has 2 fully saturated rings. The molecule has 2 saturated heterocycles. The van der Waals surface area contributed by atoms with Crippen LogP contribution in [0.1, 0.15) is 31.2 Å². The summed E-state index contributed by atoms with van der Waals surface area (Å²) in [4.78, 5) is 13.2. The number of piperidine rings is 1. The second kappa shape index (κ2) is 8.47. The normalized spacial score (nSPS) is 21.7. The molecule has 0 bridgehead atoms. The first-order valence-electron chi connectivity index (χ1n) is 9.38. The van der Waals surface area contributed by atoms with E-state index >= 15 is 0 Å². The molecule has 150 valence electrons. The number of nitrogens with one attached hydrogen (secondary N) is 1. The third kappa shape index (κ3) is 4.83. The van der Waals surface area contributed by atoms with Gasteiger partial charge in [-0.15, -0.1) is 0 Å². The van der Waals surface area contributed by atoms with Crippen LogP contribution in [0.3, 0.4) is 0 Å². The molecule has 0 aromatic heterocycles. The van der Waals surface area contributed by atoms with E-state index in [1.54, 1.807) is 0 Å². The highest BCUT2D eigenvalue weighted by Crippen LogP contribution is 2.36. The average Bonchev–Trinajstić information content (AvgIpc) is 2.67. The van der Waals surface area contributed by atoms with Gasteiger partial charge in [-0.1, -0.05) is 23.7 Å². The first-order chi connectivity index (χ1) is 12.8. The smallest absolute Gasteiger partial charge is 0.230 e. The van der Waals surface area contributed by atoms with Crippen LogP contribution in [0, 0.1) is 5.92 Å². The maximum atomic E-state index is 13.2. The van der Waals surface area contributed by atoms with Crippen LogP contribution >= 0.6 is 11.6 Å². The lowest BCUT2D eigenvalue weighted by atomic mass is 9.73. The highest BCUT2D eigenvalue weighted by Gasteiger charge is 2.41. The van der Waals surface area contributed by atoms with Gasteiger partial charge in [0, 0.05) is 37.9 Å². The summed E-state index contributed by atoms with van der Waals surface area (Å²) in [5.41, 5.74) is 0.385. The highest BCUT2D eigenvalue weighted by molar-refractivity contribution is 7.88. The van der Waals surface area contributed by atoms with Crippen LogP contribution in [0.5, 0.6) is 0 Å². The summed E-state index contributed by atoms with van der Waals surface area (Å²) < 4.78 is 30.2. The monoisotopic (exact) mass is 414 g/mol. The molecule has 1 N–H and O–H groups in total. The van der Waals surface area contributed by atoms with Gasteiger partial charge in [0.25, 0.3) is 0 Å². The van der Waals surface area contributed by atoms with Crippen LogP contribution in [-0.2, 0) is 25.0 Å². The van der Waals surface area contributed by atoms with E-state index in [0.717, 1.165) is 18.4 Å². The Kier molecular flexibility index (Phi) is 6.46. The Labute approximate surface area is 166 Å². The molecule has 0 aliphatic carbocycles. The number of hydrogen-bond donors (Lipinski definition) is 1. The van der Waals surface area contributed by atoms with Crippen LogP contribution in [0.15, 0.2) is 24.3 Å². The highest BCUT2D eigenvalue weighted by atomic mass is 35.5. The SMILES string of the molecule is CS(=O)(=O)N1CCC(CNC(=O)C2(c3ccc(Cl)cc3)CCOCC2)CC1. The predicted molar refractivity (Wildman–Crippen MR) is 105 cm³/mol. The van der Waals surface area contributed by atoms with Crippen molar-refractivity contribution in [3.8, 4) is 0 Å². The number of sulfonamides is 1. The third-order valence-corrected chi connectivity index (χ3v) is 7.33. The number of carbonyl (C=O) groups is 1. The molecule has 0 atom stereocenters. The molecule has 2 aliphatic heterocycles. The van der Waals surface area contributed by atoms with Gasteiger partial charge in [0.1, 0.15) is 0 Å². The second-order valence-corrected chi connectivity index (χ2v) is 9.94. The summed E-state index contributed by atoms with van der Waals surface area (Å²) in [5, 5.41) is 3.79. The molecular weight excluding hydrogens is 388 g/mol. The van der Waals surface area contributed by atoms with Crippen LogP contribution in [-0.4, -0.2) is 57.7 Å². The van der Waals surface area contributed by atoms with Crippen molar-refractivity contribution in [3.63, 3.8) is 0 Å². The molecule has 6 nitrogen and oxygen atoms in total. The van der Waals surface area contributed by atoms with E-state index < -0.39 is 15.4 Å². The summed E-state index contributed by atoms with van der Waals surface area (Å²) in [7, 11) is -3.13. The summed E-state index contributed by atoms with van der Waals surface area (Å²) in [6.45, 7) is 2.74. The van der Waals surface area contributed by atoms with Crippen molar-refractivity contribution in [3.05, 3.63) is 34.9 Å². The van der Waals surface area contributed by atoms with E-state index in [4.69, 9.17) is 16.3 Å². The fourth-order valence-electron chi connectivity index (χ4n) is 3.99. The molecule has 0 unspecified atom stereocenters. The van der Waals surface area contributed by atoms with Gasteiger partial charge in [-0.25, -0.2) is 12.7 Å². The Bertz CT molecular complexity index is 752. The van der Waals surface area contributed by atoms with Crippen molar-refractivity contribution in [2.24, 2.45) is 5.92 Å². The van der Waals surface area contributed by atoms with Crippen LogP contribution in [0.2, 0.25) is 5.02 Å². The van der Waals surface area contributed by atoms with Gasteiger partial charge in [-0.2, -0.15) is 0 Å². The fourth-order valence-corrected chi connectivity index (χ4v) is 4.99. The minimum atomic E-state index is -3.13. The number of nitrogens with zero attached hydrogens (tertiary/aromatic N) is 1. The van der Waals surface area contributed by atoms with Gasteiger partial charge in [-0.3, -0.25) is 4.79 Å². The Morgan fingerprint density at radius 3 is 2.37 bits per heavy atom. The fraction of sp³-hybridized carbons (Fsp3) is 0.632. The summed E-state index contributed by atoms with van der Waals surface area (Å²) in [6, 6.07) is 7.50. The van der Waals surface area contributed by atoms with Crippen molar-refractivity contribution in [2.45, 2.75) is 31.1 Å². The quantitative estimate of drug-likeness (QED) is 0.801. The average molecular weight is 415 g/mol. The first-order valence-corrected chi connectivity index (χ1v) is 11.6. The topological polar surface area (TPSA) is 75.7 Å². The van der Waals surface area contributed by atoms with E-state index in [9.17, 15) is 13.2 Å². The minimum Gasteiger partial charge on any atom is -0.381 e. The summed E-state index contributed by atoms with van der Waals surface area (Å²) >= 11 is 6.01. The lowest BCUT2D eigenvalue weighted by Crippen LogP contribution is -2.50. The Hall–Kier alpha value is -1.15. The van der Waals surface area contributed by atoms with Crippen LogP contribution in [0.25, 0.3) is 0 Å². The maximum absolute atomic E-state index is 13.2. The zero-order chi connectivity index (χ0) is 19.5. The van der Waals surface area contributed by atoms with Gasteiger partial charge >= 0.3 is 0 Å². The van der Waals surface area contributed by atoms with Gasteiger partial charge in [0.2, 0.25) is 15.9 Å². The van der Waals surface area contributed by atoms with Crippen LogP contribution in [0.4, 0.5) is 0 Å². The van der Waals surface area contributed by atoms with Gasteiger partial charge in [0.05, 0.1) is 11.7 Å². The zero-order valence-corrected chi connectivity index (χ0v) is 17.2. The molecule has 2 aliphatic rings. The molecule has 0 radical (unpaired) electrons. The molecule has 2 heterocycles. The number of carbonyl (C=O) groups excluding carboxylic acids is 1. The number of benzene rings is 1. The third-order valence-electron chi connectivity index (χ3n) is 5.77. The Morgan fingerprint density at radius 2 is 1.81 bits per heavy atom. The molecule has 1 aromatic rings. The molecule has 1 aromatic carbocycles. The van der Waals surface area contributed by atoms with Crippen molar-refractivity contribution in [1.82, 2.24) is 9.62 Å². The van der Waals surface area contributed by atoms with Crippen molar-refractivity contribution < 1.29 is 17.9 Å². The summed E-state index contributed by atoms with van der Waals surface area (Å²) in [5.74, 6) is 0.327. The number of halogens is 1. The molecular formula is C19H27ClN2O4S. The Balaban J connectivity index is 1.63. The van der Waals surface area contributed by atoms with Gasteiger partial charge in [-0.05, 0) is 49.3 Å². The largest absolute Gasteiger partial charge is 0.381 e. The zero-order valence-electron chi connectivity index (χ0n) is 15.6. The first kappa shape index (κ1) is 20.6. The summed E-state index contributed by atoms with van der Waals surface area (Å²) in [6.07, 6.45) is 4.07. The number of rotatable bonds is 5. The lowest BCUT2D eigenvalue weighted by molar-refractivity contribution is -0.130. The number of amides is 1. The predicted octanol–water partition coefficient (Wildman–Crippen LogP) is 2.18. The molecule has 1 amide bonds. The lowest BCUT2D eigenvalue weighted by Gasteiger charge is -2.37. The van der Waals surface area contributed by atoms with E-state index in [-0.39, 0.29) is 5.91 Å². The van der Waals surface area contributed by atoms with Gasteiger partial charge < -0.3 is 10.1 Å². The van der Waals surface area contributed by atoms with Crippen molar-refractivity contribution in [2.75, 3.05) is 39.1 Å². The van der Waals surface area contributed by atoms with E-state index in [1.807, 2.05) is 24.3 Å². The standard InChI is InChI=1S/C19H27ClN2O4S/c1-27(24,25)22-10-6-15(7-11-22)14-21-18(23)19(8-12-26-13-9-19)16-2-4-17(20)5-3-16/h2-5,15H,6-14H2,1H3,(H,21,23). The second-order valence-electron chi connectivity index (χ2n) is 7.52. The molecule has 0 saturated carbocycles. The maximum Gasteiger partial charge on any atom is 0.230 e. The molecule has 8 heteroatoms. The number of ether oxygens (including phenoxy) is 1. The molecule has 27 heavy (non-hydrogen) atoms. The molecule has 0 spiro atoms. The van der Waals surface area contributed by atoms with Crippen molar-refractivity contribution >= 4 is 27.5 Å². The van der Waals surface area contributed by atoms with E-state index in [0.29, 0.717) is 56.6 Å². The van der Waals surface area contributed by atoms with Gasteiger partial charge in [0.15, 0.2) is 0 Å². The van der Waals surface area contributed by atoms with Crippen LogP contribution < -0.4 is 5.32 Å².